The first-order chi connectivity index (χ1) is 8.20. The third kappa shape index (κ3) is 2.74. The maximum atomic E-state index is 13.2. The summed E-state index contributed by atoms with van der Waals surface area (Å²) in [6.45, 7) is -1.53. The van der Waals surface area contributed by atoms with Gasteiger partial charge in [0, 0.05) is 17.7 Å². The molecule has 6 nitrogen and oxygen atoms in total. The summed E-state index contributed by atoms with van der Waals surface area (Å²) in [5.41, 5.74) is 4.19. The molecule has 1 atom stereocenters. The summed E-state index contributed by atoms with van der Waals surface area (Å²) in [7, 11) is 0. The monoisotopic (exact) mass is 326 g/mol. The Hall–Kier alpha value is -1.32. The molecular formula is C9H9BrF2N2O4. The Balaban J connectivity index is 3.35. The van der Waals surface area contributed by atoms with E-state index in [9.17, 15) is 24.0 Å². The van der Waals surface area contributed by atoms with Crippen LogP contribution in [0.15, 0.2) is 16.6 Å². The molecule has 0 amide bonds. The average molecular weight is 327 g/mol. The lowest BCUT2D eigenvalue weighted by Gasteiger charge is -2.22. The highest BCUT2D eigenvalue weighted by molar-refractivity contribution is 9.10. The molecule has 1 aromatic rings. The summed E-state index contributed by atoms with van der Waals surface area (Å²) in [6, 6.07) is -0.351. The number of aliphatic hydroxyl groups is 1. The molecule has 0 bridgehead atoms. The number of phenols is 1. The van der Waals surface area contributed by atoms with Gasteiger partial charge < -0.3 is 15.9 Å². The zero-order chi connectivity index (χ0) is 14.1. The van der Waals surface area contributed by atoms with Crippen LogP contribution in [-0.4, -0.2) is 27.7 Å². The van der Waals surface area contributed by atoms with E-state index >= 15 is 0 Å². The van der Waals surface area contributed by atoms with Gasteiger partial charge in [-0.25, -0.2) is 8.78 Å². The van der Waals surface area contributed by atoms with Gasteiger partial charge in [-0.15, -0.1) is 0 Å². The summed E-state index contributed by atoms with van der Waals surface area (Å²) < 4.78 is 26.3. The molecule has 1 rings (SSSR count). The maximum Gasteiger partial charge on any atom is 0.289 e. The first-order valence-corrected chi connectivity index (χ1v) is 5.41. The standard InChI is InChI=1S/C9H9BrF2N2O4/c10-6-2-4(14(17)18)1-5(7(6)16)8(13)9(11,12)3-15/h1-2,8,15-16H,3,13H2/t8-/m1/s1. The van der Waals surface area contributed by atoms with Crippen LogP contribution in [0.1, 0.15) is 11.6 Å². The first kappa shape index (κ1) is 14.7. The third-order valence-electron chi connectivity index (χ3n) is 2.29. The van der Waals surface area contributed by atoms with Gasteiger partial charge >= 0.3 is 0 Å². The number of non-ortho nitro benzene ring substituents is 1. The van der Waals surface area contributed by atoms with E-state index in [4.69, 9.17) is 10.8 Å². The first-order valence-electron chi connectivity index (χ1n) is 4.61. The molecule has 0 aliphatic rings. The Morgan fingerprint density at radius 2 is 2.11 bits per heavy atom. The Kier molecular flexibility index (Phi) is 4.20. The fraction of sp³-hybridized carbons (Fsp3) is 0.333. The molecule has 0 aliphatic carbocycles. The van der Waals surface area contributed by atoms with Crippen LogP contribution in [0, 0.1) is 10.1 Å². The van der Waals surface area contributed by atoms with Crippen LogP contribution >= 0.6 is 15.9 Å². The quantitative estimate of drug-likeness (QED) is 0.576. The summed E-state index contributed by atoms with van der Waals surface area (Å²) in [4.78, 5) is 9.78. The van der Waals surface area contributed by atoms with Crippen LogP contribution in [0.3, 0.4) is 0 Å². The van der Waals surface area contributed by atoms with Gasteiger partial charge in [0.05, 0.1) is 9.40 Å². The molecule has 1 aromatic carbocycles. The molecule has 0 aliphatic heterocycles. The number of hydrogen-bond donors (Lipinski definition) is 3. The van der Waals surface area contributed by atoms with Crippen molar-refractivity contribution in [2.45, 2.75) is 12.0 Å². The highest BCUT2D eigenvalue weighted by atomic mass is 79.9. The van der Waals surface area contributed by atoms with E-state index in [1.807, 2.05) is 0 Å². The molecule has 18 heavy (non-hydrogen) atoms. The van der Waals surface area contributed by atoms with Crippen molar-refractivity contribution in [3.8, 4) is 5.75 Å². The zero-order valence-corrected chi connectivity index (χ0v) is 10.4. The van der Waals surface area contributed by atoms with Crippen LogP contribution in [0.4, 0.5) is 14.5 Å². The lowest BCUT2D eigenvalue weighted by atomic mass is 10.0. The molecule has 0 spiro atoms. The molecule has 0 saturated carbocycles. The minimum Gasteiger partial charge on any atom is -0.506 e. The van der Waals surface area contributed by atoms with Crippen LogP contribution in [0.5, 0.6) is 5.75 Å². The van der Waals surface area contributed by atoms with Gasteiger partial charge in [0.15, 0.2) is 0 Å². The number of aliphatic hydroxyl groups excluding tert-OH is 1. The lowest BCUT2D eigenvalue weighted by molar-refractivity contribution is -0.385. The zero-order valence-electron chi connectivity index (χ0n) is 8.81. The average Bonchev–Trinajstić information content (AvgIpc) is 2.31. The van der Waals surface area contributed by atoms with Gasteiger partial charge in [-0.2, -0.15) is 0 Å². The van der Waals surface area contributed by atoms with Crippen LogP contribution in [-0.2, 0) is 0 Å². The smallest absolute Gasteiger partial charge is 0.289 e. The van der Waals surface area contributed by atoms with Crippen molar-refractivity contribution in [1.82, 2.24) is 0 Å². The van der Waals surface area contributed by atoms with Crippen molar-refractivity contribution in [2.24, 2.45) is 5.73 Å². The molecule has 0 unspecified atom stereocenters. The van der Waals surface area contributed by atoms with Gasteiger partial charge in [-0.05, 0) is 15.9 Å². The minimum absolute atomic E-state index is 0.129. The molecule has 100 valence electrons. The second-order valence-corrected chi connectivity index (χ2v) is 4.37. The van der Waals surface area contributed by atoms with Crippen LogP contribution in [0.2, 0.25) is 0 Å². The number of phenolic OH excluding ortho intramolecular Hbond substituents is 1. The van der Waals surface area contributed by atoms with Gasteiger partial charge in [-0.1, -0.05) is 0 Å². The third-order valence-corrected chi connectivity index (χ3v) is 2.89. The highest BCUT2D eigenvalue weighted by Crippen LogP contribution is 2.40. The van der Waals surface area contributed by atoms with Crippen LogP contribution in [0.25, 0.3) is 0 Å². The fourth-order valence-corrected chi connectivity index (χ4v) is 1.74. The summed E-state index contributed by atoms with van der Waals surface area (Å²) in [6.07, 6.45) is 0. The Morgan fingerprint density at radius 1 is 1.56 bits per heavy atom. The van der Waals surface area contributed by atoms with E-state index < -0.39 is 40.5 Å². The van der Waals surface area contributed by atoms with Gasteiger partial charge in [-0.3, -0.25) is 10.1 Å². The number of benzene rings is 1. The Morgan fingerprint density at radius 3 is 2.56 bits per heavy atom. The van der Waals surface area contributed by atoms with E-state index in [1.165, 1.54) is 0 Å². The second kappa shape index (κ2) is 5.12. The Labute approximate surface area is 108 Å². The summed E-state index contributed by atoms with van der Waals surface area (Å²) >= 11 is 2.80. The van der Waals surface area contributed by atoms with E-state index in [-0.39, 0.29) is 4.47 Å². The van der Waals surface area contributed by atoms with E-state index in [1.54, 1.807) is 0 Å². The molecule has 0 radical (unpaired) electrons. The van der Waals surface area contributed by atoms with Crippen LogP contribution < -0.4 is 5.73 Å². The van der Waals surface area contributed by atoms with Crippen molar-refractivity contribution >= 4 is 21.6 Å². The van der Waals surface area contributed by atoms with Crippen molar-refractivity contribution in [2.75, 3.05) is 6.61 Å². The van der Waals surface area contributed by atoms with Gasteiger partial charge in [0.2, 0.25) is 0 Å². The molecule has 0 fully saturated rings. The largest absolute Gasteiger partial charge is 0.506 e. The summed E-state index contributed by atoms with van der Waals surface area (Å²) in [5.74, 6) is -4.33. The second-order valence-electron chi connectivity index (χ2n) is 3.52. The maximum absolute atomic E-state index is 13.2. The number of hydrogen-bond acceptors (Lipinski definition) is 5. The van der Waals surface area contributed by atoms with E-state index in [0.717, 1.165) is 12.1 Å². The molecular weight excluding hydrogens is 318 g/mol. The van der Waals surface area contributed by atoms with Crippen molar-refractivity contribution in [3.05, 3.63) is 32.3 Å². The number of rotatable bonds is 4. The lowest BCUT2D eigenvalue weighted by Crippen LogP contribution is -2.36. The predicted molar refractivity (Wildman–Crippen MR) is 61.4 cm³/mol. The summed E-state index contributed by atoms with van der Waals surface area (Å²) in [5, 5.41) is 28.7. The SMILES string of the molecule is N[C@H](c1cc([N+](=O)[O-])cc(Br)c1O)C(F)(F)CO. The molecule has 9 heteroatoms. The van der Waals surface area contributed by atoms with E-state index in [0.29, 0.717) is 0 Å². The molecule has 4 N–H and O–H groups in total. The van der Waals surface area contributed by atoms with Crippen molar-refractivity contribution in [1.29, 1.82) is 0 Å². The van der Waals surface area contributed by atoms with Gasteiger partial charge in [0.25, 0.3) is 11.6 Å². The molecule has 0 saturated heterocycles. The number of alkyl halides is 2. The van der Waals surface area contributed by atoms with E-state index in [2.05, 4.69) is 15.9 Å². The number of nitro benzene ring substituents is 1. The topological polar surface area (TPSA) is 110 Å². The fourth-order valence-electron chi connectivity index (χ4n) is 1.27. The van der Waals surface area contributed by atoms with Gasteiger partial charge in [0.1, 0.15) is 18.4 Å². The number of aromatic hydroxyl groups is 1. The number of nitrogens with two attached hydrogens (primary N) is 1. The van der Waals surface area contributed by atoms with Crippen molar-refractivity contribution < 1.29 is 23.9 Å². The minimum atomic E-state index is -3.70. The number of nitro groups is 1. The Bertz CT molecular complexity index is 484. The molecule has 0 aromatic heterocycles. The number of halogens is 3. The predicted octanol–water partition coefficient (Wildman–Crippen LogP) is 1.69. The van der Waals surface area contributed by atoms with Crippen molar-refractivity contribution in [3.63, 3.8) is 0 Å². The highest BCUT2D eigenvalue weighted by Gasteiger charge is 2.39. The molecule has 0 heterocycles. The number of nitrogens with zero attached hydrogens (tertiary/aromatic N) is 1. The normalized spacial score (nSPS) is 13.4.